The average Bonchev–Trinajstić information content (AvgIpc) is 3.16. The molecule has 0 aromatic heterocycles. The molecule has 2 aromatic rings. The Bertz CT molecular complexity index is 644. The largest absolute Gasteiger partial charge is 0.491 e. The lowest BCUT2D eigenvalue weighted by atomic mass is 10.1. The van der Waals surface area contributed by atoms with Crippen molar-refractivity contribution in [2.75, 3.05) is 26.3 Å². The fraction of sp³-hybridized carbons (Fsp3) is 0.429. The summed E-state index contributed by atoms with van der Waals surface area (Å²) in [5, 5.41) is 10.4. The Labute approximate surface area is 154 Å². The van der Waals surface area contributed by atoms with Gasteiger partial charge in [0.05, 0.1) is 6.10 Å². The van der Waals surface area contributed by atoms with Gasteiger partial charge in [0.25, 0.3) is 0 Å². The first-order chi connectivity index (χ1) is 12.7. The zero-order chi connectivity index (χ0) is 18.2. The van der Waals surface area contributed by atoms with E-state index in [1.165, 1.54) is 12.1 Å². The number of nitrogens with zero attached hydrogens (tertiary/aromatic N) is 1. The van der Waals surface area contributed by atoms with Crippen molar-refractivity contribution < 1.29 is 19.0 Å². The molecule has 0 bridgehead atoms. The van der Waals surface area contributed by atoms with E-state index < -0.39 is 6.10 Å². The van der Waals surface area contributed by atoms with Crippen LogP contribution in [0, 0.1) is 5.82 Å². The third-order valence-corrected chi connectivity index (χ3v) is 4.46. The smallest absolute Gasteiger partial charge is 0.123 e. The molecule has 0 spiro atoms. The van der Waals surface area contributed by atoms with Gasteiger partial charge in [0, 0.05) is 26.2 Å². The Hall–Kier alpha value is -1.95. The van der Waals surface area contributed by atoms with E-state index in [0.29, 0.717) is 13.1 Å². The Morgan fingerprint density at radius 2 is 1.92 bits per heavy atom. The van der Waals surface area contributed by atoms with Crippen LogP contribution in [0.2, 0.25) is 0 Å². The topological polar surface area (TPSA) is 41.9 Å². The lowest BCUT2D eigenvalue weighted by molar-refractivity contribution is 0.0313. The minimum atomic E-state index is -0.614. The lowest BCUT2D eigenvalue weighted by Gasteiger charge is -2.27. The number of hydrogen-bond donors (Lipinski definition) is 1. The molecule has 2 aromatic carbocycles. The van der Waals surface area contributed by atoms with Gasteiger partial charge in [0.2, 0.25) is 0 Å². The van der Waals surface area contributed by atoms with E-state index in [2.05, 4.69) is 4.90 Å². The predicted molar refractivity (Wildman–Crippen MR) is 98.6 cm³/mol. The van der Waals surface area contributed by atoms with Gasteiger partial charge < -0.3 is 14.6 Å². The minimum Gasteiger partial charge on any atom is -0.491 e. The van der Waals surface area contributed by atoms with E-state index in [1.54, 1.807) is 12.1 Å². The van der Waals surface area contributed by atoms with Gasteiger partial charge in [-0.05, 0) is 42.7 Å². The number of rotatable bonds is 9. The average molecular weight is 359 g/mol. The Morgan fingerprint density at radius 3 is 2.62 bits per heavy atom. The highest BCUT2D eigenvalue weighted by Gasteiger charge is 2.21. The molecule has 5 heteroatoms. The summed E-state index contributed by atoms with van der Waals surface area (Å²) in [7, 11) is 0. The standard InChI is InChI=1S/C21H26FNO3/c22-18-10-8-17(9-11-18)13-23(15-21-7-4-12-25-21)14-19(24)16-26-20-5-2-1-3-6-20/h1-3,5-6,8-11,19,21,24H,4,7,12-16H2/t19-,21+/m0/s1. The van der Waals surface area contributed by atoms with Gasteiger partial charge in [-0.3, -0.25) is 4.90 Å². The fourth-order valence-corrected chi connectivity index (χ4v) is 3.19. The molecule has 4 nitrogen and oxygen atoms in total. The van der Waals surface area contributed by atoms with Crippen molar-refractivity contribution in [2.45, 2.75) is 31.6 Å². The van der Waals surface area contributed by atoms with Crippen LogP contribution in [0.4, 0.5) is 4.39 Å². The van der Waals surface area contributed by atoms with Gasteiger partial charge >= 0.3 is 0 Å². The summed E-state index contributed by atoms with van der Waals surface area (Å²) in [6.07, 6.45) is 1.69. The monoisotopic (exact) mass is 359 g/mol. The summed E-state index contributed by atoms with van der Waals surface area (Å²) in [5.74, 6) is 0.506. The van der Waals surface area contributed by atoms with Gasteiger partial charge in [-0.1, -0.05) is 30.3 Å². The second kappa shape index (κ2) is 9.67. The number of ether oxygens (including phenoxy) is 2. The molecule has 1 aliphatic rings. The van der Waals surface area contributed by atoms with Crippen LogP contribution in [-0.2, 0) is 11.3 Å². The molecule has 0 amide bonds. The van der Waals surface area contributed by atoms with Gasteiger partial charge in [-0.25, -0.2) is 4.39 Å². The molecule has 0 radical (unpaired) electrons. The van der Waals surface area contributed by atoms with E-state index in [-0.39, 0.29) is 18.5 Å². The first-order valence-corrected chi connectivity index (χ1v) is 9.13. The fourth-order valence-electron chi connectivity index (χ4n) is 3.19. The molecule has 1 heterocycles. The molecule has 3 rings (SSSR count). The van der Waals surface area contributed by atoms with Crippen LogP contribution in [-0.4, -0.2) is 48.5 Å². The van der Waals surface area contributed by atoms with Gasteiger partial charge in [-0.2, -0.15) is 0 Å². The first-order valence-electron chi connectivity index (χ1n) is 9.13. The summed E-state index contributed by atoms with van der Waals surface area (Å²) in [5.41, 5.74) is 1.01. The van der Waals surface area contributed by atoms with Crippen LogP contribution in [0.25, 0.3) is 0 Å². The lowest BCUT2D eigenvalue weighted by Crippen LogP contribution is -2.39. The van der Waals surface area contributed by atoms with E-state index in [0.717, 1.165) is 37.3 Å². The van der Waals surface area contributed by atoms with Gasteiger partial charge in [-0.15, -0.1) is 0 Å². The number of aliphatic hydroxyl groups excluding tert-OH is 1. The zero-order valence-electron chi connectivity index (χ0n) is 14.9. The van der Waals surface area contributed by atoms with Crippen LogP contribution < -0.4 is 4.74 Å². The van der Waals surface area contributed by atoms with Crippen molar-refractivity contribution in [3.8, 4) is 5.75 Å². The van der Waals surface area contributed by atoms with Crippen molar-refractivity contribution in [2.24, 2.45) is 0 Å². The Kier molecular flexibility index (Phi) is 7.00. The summed E-state index contributed by atoms with van der Waals surface area (Å²) in [4.78, 5) is 2.16. The molecule has 1 N–H and O–H groups in total. The maximum Gasteiger partial charge on any atom is 0.123 e. The number of para-hydroxylation sites is 1. The second-order valence-corrected chi connectivity index (χ2v) is 6.73. The van der Waals surface area contributed by atoms with Crippen LogP contribution in [0.5, 0.6) is 5.75 Å². The summed E-state index contributed by atoms with van der Waals surface area (Å²) < 4.78 is 24.5. The maximum absolute atomic E-state index is 13.1. The van der Waals surface area contributed by atoms with Crippen molar-refractivity contribution in [3.05, 3.63) is 66.0 Å². The van der Waals surface area contributed by atoms with Gasteiger partial charge in [0.1, 0.15) is 24.3 Å². The second-order valence-electron chi connectivity index (χ2n) is 6.73. The van der Waals surface area contributed by atoms with Crippen LogP contribution in [0.3, 0.4) is 0 Å². The Balaban J connectivity index is 1.55. The molecular formula is C21H26FNO3. The minimum absolute atomic E-state index is 0.192. The molecule has 0 saturated carbocycles. The highest BCUT2D eigenvalue weighted by molar-refractivity contribution is 5.21. The summed E-state index contributed by atoms with van der Waals surface area (Å²) in [6, 6.07) is 16.0. The van der Waals surface area contributed by atoms with E-state index in [9.17, 15) is 9.50 Å². The normalized spacial score (nSPS) is 18.2. The van der Waals surface area contributed by atoms with E-state index in [1.807, 2.05) is 30.3 Å². The Morgan fingerprint density at radius 1 is 1.15 bits per heavy atom. The molecule has 26 heavy (non-hydrogen) atoms. The highest BCUT2D eigenvalue weighted by Crippen LogP contribution is 2.16. The first kappa shape index (κ1) is 18.8. The third kappa shape index (κ3) is 6.09. The maximum atomic E-state index is 13.1. The quantitative estimate of drug-likeness (QED) is 0.746. The van der Waals surface area contributed by atoms with Crippen molar-refractivity contribution in [1.82, 2.24) is 4.90 Å². The molecule has 0 unspecified atom stereocenters. The summed E-state index contributed by atoms with van der Waals surface area (Å²) >= 11 is 0. The number of hydrogen-bond acceptors (Lipinski definition) is 4. The van der Waals surface area contributed by atoms with E-state index in [4.69, 9.17) is 9.47 Å². The van der Waals surface area contributed by atoms with Crippen molar-refractivity contribution in [1.29, 1.82) is 0 Å². The zero-order valence-corrected chi connectivity index (χ0v) is 14.9. The molecule has 1 saturated heterocycles. The van der Waals surface area contributed by atoms with E-state index >= 15 is 0 Å². The van der Waals surface area contributed by atoms with Crippen LogP contribution >= 0.6 is 0 Å². The number of halogens is 1. The van der Waals surface area contributed by atoms with Crippen molar-refractivity contribution >= 4 is 0 Å². The molecule has 2 atom stereocenters. The number of benzene rings is 2. The molecule has 140 valence electrons. The third-order valence-electron chi connectivity index (χ3n) is 4.46. The van der Waals surface area contributed by atoms with Crippen LogP contribution in [0.1, 0.15) is 18.4 Å². The van der Waals surface area contributed by atoms with Gasteiger partial charge in [0.15, 0.2) is 0 Å². The number of aliphatic hydroxyl groups is 1. The predicted octanol–water partition coefficient (Wildman–Crippen LogP) is 3.25. The molecular weight excluding hydrogens is 333 g/mol. The summed E-state index contributed by atoms with van der Waals surface area (Å²) in [6.45, 7) is 2.90. The van der Waals surface area contributed by atoms with Crippen LogP contribution in [0.15, 0.2) is 54.6 Å². The SMILES string of the molecule is O[C@H](COc1ccccc1)CN(Cc1ccc(F)cc1)C[C@H]1CCCO1. The van der Waals surface area contributed by atoms with Crippen molar-refractivity contribution in [3.63, 3.8) is 0 Å². The molecule has 1 fully saturated rings. The molecule has 1 aliphatic heterocycles. The molecule has 0 aliphatic carbocycles. The highest BCUT2D eigenvalue weighted by atomic mass is 19.1.